The fraction of sp³-hybridized carbons (Fsp3) is 0.609. The van der Waals surface area contributed by atoms with Crippen LogP contribution in [0.2, 0.25) is 0 Å². The number of anilines is 2. The molecular weight excluding hydrogens is 390 g/mol. The highest BCUT2D eigenvalue weighted by Gasteiger charge is 2.24. The topological polar surface area (TPSA) is 83.5 Å². The number of hydrogen-bond acceptors (Lipinski definition) is 6. The van der Waals surface area contributed by atoms with Gasteiger partial charge in [-0.3, -0.25) is 4.68 Å². The van der Waals surface area contributed by atoms with E-state index in [9.17, 15) is 5.11 Å². The quantitative estimate of drug-likeness (QED) is 0.648. The molecule has 31 heavy (non-hydrogen) atoms. The molecule has 1 aliphatic heterocycles. The molecule has 5 rings (SSSR count). The van der Waals surface area contributed by atoms with Crippen LogP contribution in [-0.4, -0.2) is 54.7 Å². The number of hydrogen-bond donors (Lipinski definition) is 2. The van der Waals surface area contributed by atoms with Crippen molar-refractivity contribution >= 4 is 17.4 Å². The van der Waals surface area contributed by atoms with Gasteiger partial charge in [0.15, 0.2) is 5.65 Å². The van der Waals surface area contributed by atoms with Crippen molar-refractivity contribution < 1.29 is 5.11 Å². The summed E-state index contributed by atoms with van der Waals surface area (Å²) < 4.78 is 4.00. The molecule has 1 aliphatic carbocycles. The molecule has 0 radical (unpaired) electrons. The van der Waals surface area contributed by atoms with Crippen LogP contribution < -0.4 is 10.2 Å². The van der Waals surface area contributed by atoms with Crippen molar-refractivity contribution in [3.8, 4) is 11.1 Å². The van der Waals surface area contributed by atoms with E-state index in [1.54, 1.807) is 0 Å². The summed E-state index contributed by atoms with van der Waals surface area (Å²) in [5, 5.41) is 22.9. The molecule has 1 saturated heterocycles. The molecule has 0 spiro atoms. The van der Waals surface area contributed by atoms with E-state index in [0.29, 0.717) is 12.0 Å². The van der Waals surface area contributed by atoms with E-state index in [4.69, 9.17) is 10.1 Å². The third-order valence-corrected chi connectivity index (χ3v) is 6.55. The maximum absolute atomic E-state index is 10.0. The van der Waals surface area contributed by atoms with Crippen molar-refractivity contribution in [2.24, 2.45) is 0 Å². The Labute approximate surface area is 183 Å². The van der Waals surface area contributed by atoms with Crippen molar-refractivity contribution in [2.45, 2.75) is 77.0 Å². The van der Waals surface area contributed by atoms with Crippen LogP contribution in [0.3, 0.4) is 0 Å². The molecule has 2 N–H and O–H groups in total. The lowest BCUT2D eigenvalue weighted by Gasteiger charge is -2.30. The first-order valence-electron chi connectivity index (χ1n) is 11.7. The maximum atomic E-state index is 10.0. The summed E-state index contributed by atoms with van der Waals surface area (Å²) in [4.78, 5) is 7.21. The Morgan fingerprint density at radius 2 is 1.94 bits per heavy atom. The first-order valence-corrected chi connectivity index (χ1v) is 11.7. The number of fused-ring (bicyclic) bond motifs is 1. The minimum atomic E-state index is -0.226. The normalized spacial score (nSPS) is 22.4. The molecule has 3 aromatic rings. The van der Waals surface area contributed by atoms with Crippen molar-refractivity contribution in [1.29, 1.82) is 0 Å². The molecule has 0 unspecified atom stereocenters. The van der Waals surface area contributed by atoms with Crippen LogP contribution in [0, 0.1) is 0 Å². The van der Waals surface area contributed by atoms with Crippen molar-refractivity contribution in [2.75, 3.05) is 23.3 Å². The van der Waals surface area contributed by atoms with Gasteiger partial charge in [0.2, 0.25) is 5.95 Å². The summed E-state index contributed by atoms with van der Waals surface area (Å²) in [5.74, 6) is 1.75. The monoisotopic (exact) mass is 423 g/mol. The second-order valence-corrected chi connectivity index (χ2v) is 9.29. The Balaban J connectivity index is 1.54. The van der Waals surface area contributed by atoms with Gasteiger partial charge in [-0.25, -0.2) is 0 Å². The van der Waals surface area contributed by atoms with E-state index in [1.807, 2.05) is 21.5 Å². The number of piperidine rings is 1. The largest absolute Gasteiger partial charge is 0.393 e. The van der Waals surface area contributed by atoms with Crippen LogP contribution in [-0.2, 0) is 0 Å². The zero-order valence-corrected chi connectivity index (χ0v) is 18.5. The average Bonchev–Trinajstić information content (AvgIpc) is 3.40. The Bertz CT molecular complexity index is 1030. The van der Waals surface area contributed by atoms with E-state index in [2.05, 4.69) is 41.4 Å². The van der Waals surface area contributed by atoms with Gasteiger partial charge in [-0.1, -0.05) is 0 Å². The number of nitrogens with zero attached hydrogens (tertiary/aromatic N) is 6. The van der Waals surface area contributed by atoms with E-state index in [0.717, 1.165) is 61.4 Å². The van der Waals surface area contributed by atoms with Crippen LogP contribution in [0.5, 0.6) is 0 Å². The van der Waals surface area contributed by atoms with E-state index >= 15 is 0 Å². The van der Waals surface area contributed by atoms with Gasteiger partial charge in [0.05, 0.1) is 12.3 Å². The molecule has 0 amide bonds. The highest BCUT2D eigenvalue weighted by molar-refractivity contribution is 5.78. The first kappa shape index (κ1) is 20.3. The standard InChI is InChI=1S/C23H33N7O/c1-16(2)29-15-17(14-24-29)20-9-10-21-26-23(25-18-7-6-8-19(31)13-18)27-30(21)22(20)28-11-4-3-5-12-28/h9-10,14-16,18-19,31H,3-8,11-13H2,1-2H3,(H,25,27)/t18-,19+/m1/s1. The molecule has 2 atom stereocenters. The Hall–Kier alpha value is -2.61. The number of aliphatic hydroxyl groups excluding tert-OH is 1. The summed E-state index contributed by atoms with van der Waals surface area (Å²) in [6.45, 7) is 6.34. The van der Waals surface area contributed by atoms with Crippen LogP contribution in [0.15, 0.2) is 24.5 Å². The second kappa shape index (κ2) is 8.49. The van der Waals surface area contributed by atoms with Crippen molar-refractivity contribution in [1.82, 2.24) is 24.4 Å². The summed E-state index contributed by atoms with van der Waals surface area (Å²) in [5.41, 5.74) is 3.10. The van der Waals surface area contributed by atoms with E-state index in [1.165, 1.54) is 19.3 Å². The molecule has 1 saturated carbocycles. The molecule has 8 heteroatoms. The molecule has 8 nitrogen and oxygen atoms in total. The lowest BCUT2D eigenvalue weighted by atomic mass is 9.93. The lowest BCUT2D eigenvalue weighted by molar-refractivity contribution is 0.124. The average molecular weight is 424 g/mol. The smallest absolute Gasteiger partial charge is 0.243 e. The van der Waals surface area contributed by atoms with Crippen LogP contribution in [0.1, 0.15) is 64.8 Å². The van der Waals surface area contributed by atoms with Gasteiger partial charge >= 0.3 is 0 Å². The van der Waals surface area contributed by atoms with Crippen LogP contribution in [0.25, 0.3) is 16.8 Å². The predicted octanol–water partition coefficient (Wildman–Crippen LogP) is 3.88. The van der Waals surface area contributed by atoms with Gasteiger partial charge in [0, 0.05) is 42.5 Å². The summed E-state index contributed by atoms with van der Waals surface area (Å²) in [7, 11) is 0. The molecule has 2 fully saturated rings. The molecule has 2 aliphatic rings. The number of aliphatic hydroxyl groups is 1. The molecule has 0 bridgehead atoms. The molecule has 0 aromatic carbocycles. The number of nitrogens with one attached hydrogen (secondary N) is 1. The van der Waals surface area contributed by atoms with Gasteiger partial charge in [0.1, 0.15) is 5.82 Å². The van der Waals surface area contributed by atoms with E-state index < -0.39 is 0 Å². The maximum Gasteiger partial charge on any atom is 0.243 e. The van der Waals surface area contributed by atoms with Gasteiger partial charge in [-0.15, -0.1) is 5.10 Å². The Morgan fingerprint density at radius 3 is 2.68 bits per heavy atom. The third-order valence-electron chi connectivity index (χ3n) is 6.55. The molecule has 4 heterocycles. The van der Waals surface area contributed by atoms with Gasteiger partial charge in [-0.2, -0.15) is 14.6 Å². The van der Waals surface area contributed by atoms with Crippen LogP contribution in [0.4, 0.5) is 11.8 Å². The van der Waals surface area contributed by atoms with Gasteiger partial charge in [-0.05, 0) is 70.9 Å². The molecule has 3 aromatic heterocycles. The summed E-state index contributed by atoms with van der Waals surface area (Å²) >= 11 is 0. The van der Waals surface area contributed by atoms with Gasteiger partial charge in [0.25, 0.3) is 0 Å². The summed E-state index contributed by atoms with van der Waals surface area (Å²) in [6, 6.07) is 4.75. The first-order chi connectivity index (χ1) is 15.1. The SMILES string of the molecule is CC(C)n1cc(-c2ccc3nc(N[C@@H]4CCC[C@H](O)C4)nn3c2N2CCCCC2)cn1. The third kappa shape index (κ3) is 4.13. The minimum absolute atomic E-state index is 0.225. The second-order valence-electron chi connectivity index (χ2n) is 9.29. The van der Waals surface area contributed by atoms with Crippen LogP contribution >= 0.6 is 0 Å². The van der Waals surface area contributed by atoms with E-state index in [-0.39, 0.29) is 12.1 Å². The number of aromatic nitrogens is 5. The van der Waals surface area contributed by atoms with Crippen molar-refractivity contribution in [3.63, 3.8) is 0 Å². The lowest BCUT2D eigenvalue weighted by Crippen LogP contribution is -2.32. The summed E-state index contributed by atoms with van der Waals surface area (Å²) in [6.07, 6.45) is 11.3. The highest BCUT2D eigenvalue weighted by Crippen LogP contribution is 2.34. The molecular formula is C23H33N7O. The Kier molecular flexibility index (Phi) is 5.56. The fourth-order valence-corrected chi connectivity index (χ4v) is 4.87. The zero-order valence-electron chi connectivity index (χ0n) is 18.5. The highest BCUT2D eigenvalue weighted by atomic mass is 16.3. The number of rotatable bonds is 5. The van der Waals surface area contributed by atoms with Gasteiger partial charge < -0.3 is 15.3 Å². The predicted molar refractivity (Wildman–Crippen MR) is 123 cm³/mol. The fourth-order valence-electron chi connectivity index (χ4n) is 4.87. The molecule has 166 valence electrons. The minimum Gasteiger partial charge on any atom is -0.393 e. The van der Waals surface area contributed by atoms with Crippen molar-refractivity contribution in [3.05, 3.63) is 24.5 Å². The zero-order chi connectivity index (χ0) is 21.4. The Morgan fingerprint density at radius 1 is 1.10 bits per heavy atom. The number of pyridine rings is 1.